The summed E-state index contributed by atoms with van der Waals surface area (Å²) in [4.78, 5) is 10.8. The molecule has 1 aromatic heterocycles. The van der Waals surface area contributed by atoms with E-state index < -0.39 is 5.91 Å². The molecule has 0 saturated carbocycles. The van der Waals surface area contributed by atoms with Gasteiger partial charge in [0.2, 0.25) is 5.91 Å². The highest BCUT2D eigenvalue weighted by atomic mass is 16.1. The van der Waals surface area contributed by atoms with Gasteiger partial charge in [-0.2, -0.15) is 5.10 Å². The Balaban J connectivity index is 1.66. The Morgan fingerprint density at radius 3 is 3.25 bits per heavy atom. The highest BCUT2D eigenvalue weighted by Crippen LogP contribution is 2.26. The molecular weight excluding hydrogens is 254 g/mol. The van der Waals surface area contributed by atoms with Gasteiger partial charge in [0.05, 0.1) is 11.9 Å². The minimum absolute atomic E-state index is 0.101. The maximum atomic E-state index is 10.8. The Morgan fingerprint density at radius 1 is 1.50 bits per heavy atom. The number of amides is 1. The monoisotopic (exact) mass is 271 g/mol. The number of hydrogen-bond acceptors (Lipinski definition) is 4. The van der Waals surface area contributed by atoms with Crippen molar-refractivity contribution in [1.82, 2.24) is 9.78 Å². The van der Waals surface area contributed by atoms with Crippen LogP contribution in [0.4, 0.5) is 11.4 Å². The zero-order valence-corrected chi connectivity index (χ0v) is 11.1. The van der Waals surface area contributed by atoms with E-state index in [0.29, 0.717) is 0 Å². The molecule has 6 heteroatoms. The van der Waals surface area contributed by atoms with Crippen molar-refractivity contribution in [3.8, 4) is 0 Å². The third kappa shape index (κ3) is 2.59. The van der Waals surface area contributed by atoms with Crippen LogP contribution in [0.5, 0.6) is 0 Å². The molecule has 0 radical (unpaired) electrons. The maximum Gasteiger partial charge on any atom is 0.239 e. The number of hydrogen-bond donors (Lipinski definition) is 3. The lowest BCUT2D eigenvalue weighted by molar-refractivity contribution is -0.118. The summed E-state index contributed by atoms with van der Waals surface area (Å²) in [5, 5.41) is 10.8. The van der Waals surface area contributed by atoms with E-state index in [0.717, 1.165) is 25.2 Å². The van der Waals surface area contributed by atoms with Crippen LogP contribution in [0.3, 0.4) is 0 Å². The highest BCUT2D eigenvalue weighted by molar-refractivity contribution is 5.73. The highest BCUT2D eigenvalue weighted by Gasteiger charge is 2.13. The topological polar surface area (TPSA) is 85.0 Å². The van der Waals surface area contributed by atoms with Crippen LogP contribution < -0.4 is 16.4 Å². The molecule has 1 aliphatic rings. The van der Waals surface area contributed by atoms with Gasteiger partial charge in [-0.05, 0) is 17.5 Å². The van der Waals surface area contributed by atoms with Gasteiger partial charge >= 0.3 is 0 Å². The third-order valence-electron chi connectivity index (χ3n) is 3.37. The van der Waals surface area contributed by atoms with E-state index in [1.807, 2.05) is 0 Å². The average molecular weight is 271 g/mol. The van der Waals surface area contributed by atoms with Crippen LogP contribution in [0.15, 0.2) is 30.6 Å². The van der Waals surface area contributed by atoms with Crippen LogP contribution in [0.25, 0.3) is 0 Å². The lowest BCUT2D eigenvalue weighted by Crippen LogP contribution is -2.18. The molecule has 0 spiro atoms. The molecule has 0 fully saturated rings. The minimum Gasteiger partial charge on any atom is -0.384 e. The molecule has 0 saturated heterocycles. The number of para-hydroxylation sites is 1. The van der Waals surface area contributed by atoms with Crippen LogP contribution >= 0.6 is 0 Å². The first-order valence-corrected chi connectivity index (χ1v) is 6.61. The number of nitrogens with two attached hydrogens (primary N) is 1. The number of nitrogens with one attached hydrogen (secondary N) is 2. The molecule has 3 rings (SSSR count). The molecule has 0 unspecified atom stereocenters. The number of carbonyl (C=O) groups excluding carboxylic acids is 1. The van der Waals surface area contributed by atoms with Gasteiger partial charge in [-0.1, -0.05) is 18.2 Å². The van der Waals surface area contributed by atoms with Crippen molar-refractivity contribution in [3.63, 3.8) is 0 Å². The summed E-state index contributed by atoms with van der Waals surface area (Å²) in [5.74, 6) is -0.398. The molecule has 1 aliphatic heterocycles. The molecular formula is C14H17N5O. The Morgan fingerprint density at radius 2 is 2.40 bits per heavy atom. The van der Waals surface area contributed by atoms with E-state index in [-0.39, 0.29) is 6.54 Å². The second-order valence-electron chi connectivity index (χ2n) is 4.87. The fourth-order valence-electron chi connectivity index (χ4n) is 2.46. The molecule has 20 heavy (non-hydrogen) atoms. The van der Waals surface area contributed by atoms with E-state index >= 15 is 0 Å². The number of rotatable bonds is 5. The van der Waals surface area contributed by atoms with Crippen LogP contribution in [-0.2, 0) is 24.3 Å². The Kier molecular flexibility index (Phi) is 3.28. The normalized spacial score (nSPS) is 12.8. The zero-order chi connectivity index (χ0) is 13.9. The first-order valence-electron chi connectivity index (χ1n) is 6.61. The second kappa shape index (κ2) is 5.24. The van der Waals surface area contributed by atoms with Crippen LogP contribution in [0.1, 0.15) is 11.1 Å². The number of fused-ring (bicyclic) bond motifs is 1. The number of anilines is 2. The van der Waals surface area contributed by atoms with Gasteiger partial charge in [0.1, 0.15) is 6.54 Å². The average Bonchev–Trinajstić information content (AvgIpc) is 3.04. The number of carbonyl (C=O) groups is 1. The molecule has 4 N–H and O–H groups in total. The Labute approximate surface area is 117 Å². The van der Waals surface area contributed by atoms with Gasteiger partial charge < -0.3 is 16.4 Å². The first kappa shape index (κ1) is 12.5. The van der Waals surface area contributed by atoms with Crippen LogP contribution in [0, 0.1) is 0 Å². The van der Waals surface area contributed by atoms with Crippen LogP contribution in [0.2, 0.25) is 0 Å². The number of aromatic nitrogens is 2. The molecule has 0 atom stereocenters. The molecule has 104 valence electrons. The van der Waals surface area contributed by atoms with E-state index in [2.05, 4.69) is 33.9 Å². The summed E-state index contributed by atoms with van der Waals surface area (Å²) in [5.41, 5.74) is 9.86. The standard InChI is InChI=1S/C14H17N5O/c15-13(20)9-19-8-12(7-18-19)17-6-11-3-1-2-10-4-5-16-14(10)11/h1-3,7-8,16-17H,4-6,9H2,(H2,15,20). The molecule has 2 heterocycles. The summed E-state index contributed by atoms with van der Waals surface area (Å²) in [6, 6.07) is 6.35. The lowest BCUT2D eigenvalue weighted by Gasteiger charge is -2.09. The van der Waals surface area contributed by atoms with Gasteiger partial charge in [-0.3, -0.25) is 9.48 Å². The van der Waals surface area contributed by atoms with Crippen molar-refractivity contribution in [3.05, 3.63) is 41.7 Å². The predicted molar refractivity (Wildman–Crippen MR) is 77.4 cm³/mol. The fourth-order valence-corrected chi connectivity index (χ4v) is 2.46. The largest absolute Gasteiger partial charge is 0.384 e. The van der Waals surface area contributed by atoms with E-state index in [1.54, 1.807) is 12.4 Å². The van der Waals surface area contributed by atoms with E-state index in [9.17, 15) is 4.79 Å². The van der Waals surface area contributed by atoms with Gasteiger partial charge in [0.25, 0.3) is 0 Å². The molecule has 2 aromatic rings. The molecule has 0 aliphatic carbocycles. The predicted octanol–water partition coefficient (Wildman–Crippen LogP) is 0.948. The van der Waals surface area contributed by atoms with Crippen molar-refractivity contribution in [2.45, 2.75) is 19.5 Å². The Bertz CT molecular complexity index is 634. The Hall–Kier alpha value is -2.50. The second-order valence-corrected chi connectivity index (χ2v) is 4.87. The number of nitrogens with zero attached hydrogens (tertiary/aromatic N) is 2. The number of primary amides is 1. The molecule has 6 nitrogen and oxygen atoms in total. The van der Waals surface area contributed by atoms with Crippen molar-refractivity contribution in [1.29, 1.82) is 0 Å². The van der Waals surface area contributed by atoms with Crippen molar-refractivity contribution < 1.29 is 4.79 Å². The van der Waals surface area contributed by atoms with Gasteiger partial charge in [-0.15, -0.1) is 0 Å². The van der Waals surface area contributed by atoms with Crippen molar-refractivity contribution in [2.24, 2.45) is 5.73 Å². The molecule has 0 bridgehead atoms. The van der Waals surface area contributed by atoms with Gasteiger partial charge in [-0.25, -0.2) is 0 Å². The van der Waals surface area contributed by atoms with Crippen LogP contribution in [-0.4, -0.2) is 22.2 Å². The maximum absolute atomic E-state index is 10.8. The number of benzene rings is 1. The summed E-state index contributed by atoms with van der Waals surface area (Å²) >= 11 is 0. The quantitative estimate of drug-likeness (QED) is 0.756. The lowest BCUT2D eigenvalue weighted by atomic mass is 10.1. The summed E-state index contributed by atoms with van der Waals surface area (Å²) in [6.45, 7) is 1.82. The molecule has 1 amide bonds. The molecule has 1 aromatic carbocycles. The third-order valence-corrected chi connectivity index (χ3v) is 3.37. The first-order chi connectivity index (χ1) is 9.72. The van der Waals surface area contributed by atoms with E-state index in [4.69, 9.17) is 5.73 Å². The van der Waals surface area contributed by atoms with Gasteiger partial charge in [0, 0.05) is 25.0 Å². The fraction of sp³-hybridized carbons (Fsp3) is 0.286. The summed E-state index contributed by atoms with van der Waals surface area (Å²) in [7, 11) is 0. The smallest absolute Gasteiger partial charge is 0.239 e. The summed E-state index contributed by atoms with van der Waals surface area (Å²) < 4.78 is 1.53. The van der Waals surface area contributed by atoms with Crippen molar-refractivity contribution >= 4 is 17.3 Å². The summed E-state index contributed by atoms with van der Waals surface area (Å²) in [6.07, 6.45) is 4.56. The van der Waals surface area contributed by atoms with E-state index in [1.165, 1.54) is 21.5 Å². The SMILES string of the molecule is NC(=O)Cn1cc(NCc2cccc3c2NCC3)cn1. The zero-order valence-electron chi connectivity index (χ0n) is 11.1. The van der Waals surface area contributed by atoms with Crippen molar-refractivity contribution in [2.75, 3.05) is 17.2 Å². The minimum atomic E-state index is -0.398. The van der Waals surface area contributed by atoms with Gasteiger partial charge in [0.15, 0.2) is 0 Å².